The third-order valence-electron chi connectivity index (χ3n) is 3.55. The van der Waals surface area contributed by atoms with Crippen LogP contribution < -0.4 is 15.0 Å². The molecule has 1 amide bonds. The van der Waals surface area contributed by atoms with E-state index in [1.165, 1.54) is 0 Å². The van der Waals surface area contributed by atoms with Gasteiger partial charge in [0.1, 0.15) is 5.75 Å². The van der Waals surface area contributed by atoms with Crippen LogP contribution in [0.2, 0.25) is 0 Å². The van der Waals surface area contributed by atoms with Gasteiger partial charge in [0, 0.05) is 19.1 Å². The predicted molar refractivity (Wildman–Crippen MR) is 82.6 cm³/mol. The summed E-state index contributed by atoms with van der Waals surface area (Å²) in [5, 5.41) is 3.40. The second kappa shape index (κ2) is 5.97. The number of anilines is 1. The number of hydrogen-bond donors (Lipinski definition) is 1. The van der Waals surface area contributed by atoms with E-state index in [0.717, 1.165) is 17.8 Å². The maximum Gasteiger partial charge on any atom is 0.419 e. The molecule has 2 aromatic carbocycles. The van der Waals surface area contributed by atoms with Crippen LogP contribution in [-0.2, 0) is 6.54 Å². The monoisotopic (exact) mass is 282 g/mol. The first kappa shape index (κ1) is 13.6. The van der Waals surface area contributed by atoms with Gasteiger partial charge in [-0.25, -0.2) is 4.79 Å². The summed E-state index contributed by atoms with van der Waals surface area (Å²) in [4.78, 5) is 14.2. The third-order valence-corrected chi connectivity index (χ3v) is 3.55. The molecule has 21 heavy (non-hydrogen) atoms. The molecule has 1 atom stereocenters. The van der Waals surface area contributed by atoms with Crippen molar-refractivity contribution in [3.63, 3.8) is 0 Å². The van der Waals surface area contributed by atoms with Crippen molar-refractivity contribution in [2.24, 2.45) is 0 Å². The Hall–Kier alpha value is -2.33. The fraction of sp³-hybridized carbons (Fsp3) is 0.235. The normalized spacial score (nSPS) is 17.8. The van der Waals surface area contributed by atoms with E-state index < -0.39 is 0 Å². The van der Waals surface area contributed by atoms with E-state index in [2.05, 4.69) is 12.2 Å². The molecule has 1 aliphatic heterocycles. The van der Waals surface area contributed by atoms with Crippen LogP contribution in [0.3, 0.4) is 0 Å². The number of amides is 1. The average molecular weight is 282 g/mol. The maximum atomic E-state index is 12.5. The first-order valence-corrected chi connectivity index (χ1v) is 7.10. The number of hydrogen-bond acceptors (Lipinski definition) is 3. The predicted octanol–water partition coefficient (Wildman–Crippen LogP) is 3.18. The zero-order chi connectivity index (χ0) is 14.7. The largest absolute Gasteiger partial charge is 0.419 e. The molecule has 2 aromatic rings. The molecule has 0 aromatic heterocycles. The molecule has 4 nitrogen and oxygen atoms in total. The highest BCUT2D eigenvalue weighted by Crippen LogP contribution is 2.24. The summed E-state index contributed by atoms with van der Waals surface area (Å²) in [6.07, 6.45) is -0.343. The van der Waals surface area contributed by atoms with Gasteiger partial charge in [-0.15, -0.1) is 0 Å². The van der Waals surface area contributed by atoms with Crippen LogP contribution >= 0.6 is 0 Å². The Bertz CT molecular complexity index is 628. The van der Waals surface area contributed by atoms with E-state index in [-0.39, 0.29) is 12.1 Å². The average Bonchev–Trinajstić information content (AvgIpc) is 2.68. The number of benzene rings is 2. The quantitative estimate of drug-likeness (QED) is 0.873. The highest BCUT2D eigenvalue weighted by atomic mass is 16.6. The molecule has 1 aliphatic rings. The van der Waals surface area contributed by atoms with Crippen molar-refractivity contribution in [1.29, 1.82) is 0 Å². The van der Waals surface area contributed by atoms with Crippen LogP contribution in [0.25, 0.3) is 0 Å². The van der Waals surface area contributed by atoms with Crippen LogP contribution in [-0.4, -0.2) is 18.7 Å². The number of carbonyl (C=O) groups is 1. The molecule has 1 N–H and O–H groups in total. The Kier molecular flexibility index (Phi) is 3.88. The van der Waals surface area contributed by atoms with E-state index in [1.807, 2.05) is 42.5 Å². The van der Waals surface area contributed by atoms with Crippen LogP contribution in [0, 0.1) is 0 Å². The number of para-hydroxylation sites is 2. The molecular weight excluding hydrogens is 264 g/mol. The smallest absolute Gasteiger partial charge is 0.410 e. The molecule has 108 valence electrons. The molecule has 0 bridgehead atoms. The first-order chi connectivity index (χ1) is 10.2. The van der Waals surface area contributed by atoms with Gasteiger partial charge < -0.3 is 10.1 Å². The number of ether oxygens (including phenoxy) is 1. The van der Waals surface area contributed by atoms with Gasteiger partial charge in [0.15, 0.2) is 0 Å². The fourth-order valence-electron chi connectivity index (χ4n) is 2.46. The lowest BCUT2D eigenvalue weighted by Gasteiger charge is -2.23. The van der Waals surface area contributed by atoms with Crippen LogP contribution in [0.4, 0.5) is 10.5 Å². The van der Waals surface area contributed by atoms with Gasteiger partial charge in [-0.2, -0.15) is 0 Å². The number of nitrogens with zero attached hydrogens (tertiary/aromatic N) is 1. The minimum atomic E-state index is -0.343. The standard InChI is InChI=1S/C17H18N2O2/c1-13-12-19(16-10-6-5-7-14(16)11-18-13)17(20)21-15-8-3-2-4-9-15/h2-10,13,18H,11-12H2,1H3. The molecule has 0 spiro atoms. The Balaban J connectivity index is 1.87. The van der Waals surface area contributed by atoms with Gasteiger partial charge in [0.2, 0.25) is 0 Å². The highest BCUT2D eigenvalue weighted by molar-refractivity contribution is 5.90. The van der Waals surface area contributed by atoms with E-state index in [0.29, 0.717) is 12.3 Å². The van der Waals surface area contributed by atoms with Gasteiger partial charge in [-0.05, 0) is 30.7 Å². The Morgan fingerprint density at radius 1 is 1.14 bits per heavy atom. The summed E-state index contributed by atoms with van der Waals surface area (Å²) in [7, 11) is 0. The van der Waals surface area contributed by atoms with Crippen molar-refractivity contribution >= 4 is 11.8 Å². The number of fused-ring (bicyclic) bond motifs is 1. The Labute approximate surface area is 124 Å². The van der Waals surface area contributed by atoms with Gasteiger partial charge in [0.05, 0.1) is 5.69 Å². The lowest BCUT2D eigenvalue weighted by molar-refractivity contribution is 0.207. The summed E-state index contributed by atoms with van der Waals surface area (Å²) in [6.45, 7) is 3.41. The maximum absolute atomic E-state index is 12.5. The summed E-state index contributed by atoms with van der Waals surface area (Å²) >= 11 is 0. The second-order valence-corrected chi connectivity index (χ2v) is 5.20. The van der Waals surface area contributed by atoms with Crippen molar-refractivity contribution in [2.75, 3.05) is 11.4 Å². The van der Waals surface area contributed by atoms with Gasteiger partial charge in [0.25, 0.3) is 0 Å². The van der Waals surface area contributed by atoms with Gasteiger partial charge in [-0.1, -0.05) is 36.4 Å². The molecular formula is C17H18N2O2. The number of nitrogens with one attached hydrogen (secondary N) is 1. The molecule has 4 heteroatoms. The molecule has 1 heterocycles. The van der Waals surface area contributed by atoms with Crippen molar-refractivity contribution in [2.45, 2.75) is 19.5 Å². The minimum Gasteiger partial charge on any atom is -0.410 e. The fourth-order valence-corrected chi connectivity index (χ4v) is 2.46. The topological polar surface area (TPSA) is 41.6 Å². The van der Waals surface area contributed by atoms with Crippen LogP contribution in [0.1, 0.15) is 12.5 Å². The SMILES string of the molecule is CC1CN(C(=O)Oc2ccccc2)c2ccccc2CN1. The second-order valence-electron chi connectivity index (χ2n) is 5.20. The van der Waals surface area contributed by atoms with E-state index in [4.69, 9.17) is 4.74 Å². The first-order valence-electron chi connectivity index (χ1n) is 7.10. The summed E-state index contributed by atoms with van der Waals surface area (Å²) in [6, 6.07) is 17.3. The van der Waals surface area contributed by atoms with Crippen LogP contribution in [0.15, 0.2) is 54.6 Å². The van der Waals surface area contributed by atoms with Crippen molar-refractivity contribution in [3.8, 4) is 5.75 Å². The van der Waals surface area contributed by atoms with Crippen LogP contribution in [0.5, 0.6) is 5.75 Å². The minimum absolute atomic E-state index is 0.209. The zero-order valence-corrected chi connectivity index (χ0v) is 12.0. The molecule has 3 rings (SSSR count). The molecule has 0 fully saturated rings. The molecule has 0 saturated heterocycles. The third kappa shape index (κ3) is 3.06. The Morgan fingerprint density at radius 3 is 2.67 bits per heavy atom. The molecule has 0 saturated carbocycles. The van der Waals surface area contributed by atoms with Gasteiger partial charge in [-0.3, -0.25) is 4.90 Å². The van der Waals surface area contributed by atoms with Crippen molar-refractivity contribution in [1.82, 2.24) is 5.32 Å². The highest BCUT2D eigenvalue weighted by Gasteiger charge is 2.25. The molecule has 0 radical (unpaired) electrons. The molecule has 0 aliphatic carbocycles. The summed E-state index contributed by atoms with van der Waals surface area (Å²) in [5.74, 6) is 0.560. The number of carbonyl (C=O) groups excluding carboxylic acids is 1. The summed E-state index contributed by atoms with van der Waals surface area (Å²) in [5.41, 5.74) is 2.02. The van der Waals surface area contributed by atoms with E-state index in [1.54, 1.807) is 17.0 Å². The summed E-state index contributed by atoms with van der Waals surface area (Å²) < 4.78 is 5.47. The van der Waals surface area contributed by atoms with E-state index >= 15 is 0 Å². The van der Waals surface area contributed by atoms with Gasteiger partial charge >= 0.3 is 6.09 Å². The van der Waals surface area contributed by atoms with Crippen molar-refractivity contribution in [3.05, 3.63) is 60.2 Å². The van der Waals surface area contributed by atoms with Crippen molar-refractivity contribution < 1.29 is 9.53 Å². The molecule has 1 unspecified atom stereocenters. The lowest BCUT2D eigenvalue weighted by atomic mass is 10.1. The zero-order valence-electron chi connectivity index (χ0n) is 12.0. The lowest BCUT2D eigenvalue weighted by Crippen LogP contribution is -2.41. The number of rotatable bonds is 1. The Morgan fingerprint density at radius 2 is 1.86 bits per heavy atom. The van der Waals surface area contributed by atoms with E-state index in [9.17, 15) is 4.79 Å².